The highest BCUT2D eigenvalue weighted by Gasteiger charge is 2.12. The number of halogens is 1. The van der Waals surface area contributed by atoms with E-state index in [-0.39, 0.29) is 12.8 Å². The maximum absolute atomic E-state index is 6.00. The summed E-state index contributed by atoms with van der Waals surface area (Å²) in [6.45, 7) is 4.37. The Morgan fingerprint density at radius 3 is 2.71 bits per heavy atom. The molecule has 0 aliphatic heterocycles. The topological polar surface area (TPSA) is 44.5 Å². The number of aryl methyl sites for hydroxylation is 1. The number of ether oxygens (including phenoxy) is 2. The Hall–Kier alpha value is -0.580. The molecule has 4 heteroatoms. The van der Waals surface area contributed by atoms with Crippen LogP contribution in [0.1, 0.15) is 24.5 Å². The number of methoxy groups -OCH3 is 1. The Kier molecular flexibility index (Phi) is 5.95. The van der Waals surface area contributed by atoms with Gasteiger partial charge < -0.3 is 15.2 Å². The summed E-state index contributed by atoms with van der Waals surface area (Å²) in [5.41, 5.74) is 8.22. The molecule has 17 heavy (non-hydrogen) atoms. The largest absolute Gasteiger partial charge is 0.467 e. The molecular formula is C13H20BrNO2. The van der Waals surface area contributed by atoms with Crippen LogP contribution in [0.3, 0.4) is 0 Å². The van der Waals surface area contributed by atoms with Gasteiger partial charge in [-0.05, 0) is 43.0 Å². The van der Waals surface area contributed by atoms with Crippen LogP contribution in [0, 0.1) is 6.92 Å². The summed E-state index contributed by atoms with van der Waals surface area (Å²) in [7, 11) is 1.62. The van der Waals surface area contributed by atoms with Crippen LogP contribution in [0.15, 0.2) is 16.6 Å². The quantitative estimate of drug-likeness (QED) is 0.822. The van der Waals surface area contributed by atoms with Crippen LogP contribution in [0.2, 0.25) is 0 Å². The van der Waals surface area contributed by atoms with Gasteiger partial charge in [-0.15, -0.1) is 0 Å². The van der Waals surface area contributed by atoms with Gasteiger partial charge in [-0.25, -0.2) is 0 Å². The van der Waals surface area contributed by atoms with E-state index in [1.165, 1.54) is 0 Å². The molecule has 1 aromatic carbocycles. The number of hydrogen-bond acceptors (Lipinski definition) is 3. The summed E-state index contributed by atoms with van der Waals surface area (Å²) in [6, 6.07) is 4.26. The number of nitrogens with two attached hydrogens (primary N) is 1. The van der Waals surface area contributed by atoms with E-state index >= 15 is 0 Å². The molecule has 0 radical (unpaired) electrons. The minimum Gasteiger partial charge on any atom is -0.467 e. The van der Waals surface area contributed by atoms with E-state index in [0.29, 0.717) is 0 Å². The van der Waals surface area contributed by atoms with Crippen LogP contribution in [-0.4, -0.2) is 19.9 Å². The highest BCUT2D eigenvalue weighted by molar-refractivity contribution is 9.10. The summed E-state index contributed by atoms with van der Waals surface area (Å²) >= 11 is 3.50. The van der Waals surface area contributed by atoms with E-state index in [1.54, 1.807) is 7.11 Å². The first-order valence-electron chi connectivity index (χ1n) is 5.74. The molecular weight excluding hydrogens is 282 g/mol. The second kappa shape index (κ2) is 6.99. The van der Waals surface area contributed by atoms with Crippen molar-refractivity contribution in [1.29, 1.82) is 0 Å². The zero-order valence-corrected chi connectivity index (χ0v) is 12.2. The predicted molar refractivity (Wildman–Crippen MR) is 73.4 cm³/mol. The Labute approximate surface area is 111 Å². The van der Waals surface area contributed by atoms with Crippen molar-refractivity contribution in [3.05, 3.63) is 27.7 Å². The highest BCUT2D eigenvalue weighted by Crippen LogP contribution is 2.29. The molecule has 1 atom stereocenters. The molecule has 0 aromatic heterocycles. The van der Waals surface area contributed by atoms with Gasteiger partial charge in [-0.1, -0.05) is 22.9 Å². The first-order chi connectivity index (χ1) is 8.08. The Morgan fingerprint density at radius 1 is 1.41 bits per heavy atom. The van der Waals surface area contributed by atoms with Crippen LogP contribution in [0.25, 0.3) is 0 Å². The molecule has 0 amide bonds. The minimum atomic E-state index is 0.161. The molecule has 0 aliphatic rings. The van der Waals surface area contributed by atoms with Crippen LogP contribution >= 0.6 is 15.9 Å². The predicted octanol–water partition coefficient (Wildman–Crippen LogP) is 3.02. The average Bonchev–Trinajstić information content (AvgIpc) is 2.27. The molecule has 96 valence electrons. The van der Waals surface area contributed by atoms with Crippen LogP contribution < -0.4 is 10.5 Å². The Bertz CT molecular complexity index is 369. The molecule has 1 unspecified atom stereocenters. The van der Waals surface area contributed by atoms with E-state index in [2.05, 4.69) is 28.9 Å². The molecule has 3 nitrogen and oxygen atoms in total. The summed E-state index contributed by atoms with van der Waals surface area (Å²) < 4.78 is 11.6. The summed E-state index contributed by atoms with van der Waals surface area (Å²) in [6.07, 6.45) is 1.77. The van der Waals surface area contributed by atoms with Gasteiger partial charge >= 0.3 is 0 Å². The second-order valence-corrected chi connectivity index (χ2v) is 5.05. The fourth-order valence-electron chi connectivity index (χ4n) is 1.70. The third kappa shape index (κ3) is 4.30. The van der Waals surface area contributed by atoms with Gasteiger partial charge in [0.1, 0.15) is 5.75 Å². The highest BCUT2D eigenvalue weighted by atomic mass is 79.9. The lowest BCUT2D eigenvalue weighted by Gasteiger charge is -2.16. The van der Waals surface area contributed by atoms with Gasteiger partial charge in [-0.2, -0.15) is 0 Å². The molecule has 0 fully saturated rings. The monoisotopic (exact) mass is 301 g/mol. The van der Waals surface area contributed by atoms with Crippen molar-refractivity contribution in [3.8, 4) is 5.75 Å². The standard InChI is InChI=1S/C13H20BrNO2/c1-4-12(15)7-10-6-11(14)5-9(2)13(10)17-8-16-3/h5-6,12H,4,7-8,15H2,1-3H3. The summed E-state index contributed by atoms with van der Waals surface area (Å²) in [5, 5.41) is 0. The normalized spacial score (nSPS) is 12.5. The van der Waals surface area contributed by atoms with Crippen molar-refractivity contribution in [3.63, 3.8) is 0 Å². The maximum atomic E-state index is 6.00. The molecule has 0 bridgehead atoms. The van der Waals surface area contributed by atoms with Gasteiger partial charge in [0.15, 0.2) is 6.79 Å². The van der Waals surface area contributed by atoms with Gasteiger partial charge in [0.05, 0.1) is 0 Å². The van der Waals surface area contributed by atoms with Crippen LogP contribution in [-0.2, 0) is 11.2 Å². The van der Waals surface area contributed by atoms with Crippen molar-refractivity contribution in [1.82, 2.24) is 0 Å². The smallest absolute Gasteiger partial charge is 0.188 e. The molecule has 0 saturated carbocycles. The molecule has 2 N–H and O–H groups in total. The van der Waals surface area contributed by atoms with E-state index in [1.807, 2.05) is 13.0 Å². The molecule has 1 rings (SSSR count). The molecule has 0 heterocycles. The van der Waals surface area contributed by atoms with Crippen molar-refractivity contribution in [2.45, 2.75) is 32.7 Å². The zero-order chi connectivity index (χ0) is 12.8. The van der Waals surface area contributed by atoms with E-state index < -0.39 is 0 Å². The van der Waals surface area contributed by atoms with Crippen molar-refractivity contribution < 1.29 is 9.47 Å². The lowest BCUT2D eigenvalue weighted by molar-refractivity contribution is 0.0498. The summed E-state index contributed by atoms with van der Waals surface area (Å²) in [5.74, 6) is 0.888. The van der Waals surface area contributed by atoms with E-state index in [9.17, 15) is 0 Å². The van der Waals surface area contributed by atoms with E-state index in [4.69, 9.17) is 15.2 Å². The lowest BCUT2D eigenvalue weighted by Crippen LogP contribution is -2.22. The van der Waals surface area contributed by atoms with Crippen molar-refractivity contribution >= 4 is 15.9 Å². The minimum absolute atomic E-state index is 0.161. The van der Waals surface area contributed by atoms with Gasteiger partial charge in [0.25, 0.3) is 0 Å². The number of rotatable bonds is 6. The van der Waals surface area contributed by atoms with Crippen molar-refractivity contribution in [2.24, 2.45) is 5.73 Å². The lowest BCUT2D eigenvalue weighted by atomic mass is 10.0. The third-order valence-electron chi connectivity index (χ3n) is 2.64. The molecule has 0 saturated heterocycles. The fourth-order valence-corrected chi connectivity index (χ4v) is 2.32. The molecule has 1 aromatic rings. The van der Waals surface area contributed by atoms with Crippen LogP contribution in [0.4, 0.5) is 0 Å². The molecule has 0 spiro atoms. The SMILES string of the molecule is CCC(N)Cc1cc(Br)cc(C)c1OCOC. The van der Waals surface area contributed by atoms with Crippen LogP contribution in [0.5, 0.6) is 5.75 Å². The third-order valence-corrected chi connectivity index (χ3v) is 3.10. The van der Waals surface area contributed by atoms with E-state index in [0.717, 1.165) is 34.2 Å². The first kappa shape index (κ1) is 14.5. The zero-order valence-electron chi connectivity index (χ0n) is 10.6. The summed E-state index contributed by atoms with van der Waals surface area (Å²) in [4.78, 5) is 0. The van der Waals surface area contributed by atoms with Gasteiger partial charge in [0.2, 0.25) is 0 Å². The first-order valence-corrected chi connectivity index (χ1v) is 6.54. The Balaban J connectivity index is 2.97. The maximum Gasteiger partial charge on any atom is 0.188 e. The average molecular weight is 302 g/mol. The number of benzene rings is 1. The van der Waals surface area contributed by atoms with Crippen molar-refractivity contribution in [2.75, 3.05) is 13.9 Å². The number of hydrogen-bond donors (Lipinski definition) is 1. The van der Waals surface area contributed by atoms with Gasteiger partial charge in [0, 0.05) is 17.6 Å². The Morgan fingerprint density at radius 2 is 2.12 bits per heavy atom. The fraction of sp³-hybridized carbons (Fsp3) is 0.538. The second-order valence-electron chi connectivity index (χ2n) is 4.13. The molecule has 0 aliphatic carbocycles. The van der Waals surface area contributed by atoms with Gasteiger partial charge in [-0.3, -0.25) is 0 Å².